The molecule has 5 heterocycles. The fourth-order valence-corrected chi connectivity index (χ4v) is 13.4. The van der Waals surface area contributed by atoms with Crippen molar-refractivity contribution in [1.29, 1.82) is 10.5 Å². The second-order valence-electron chi connectivity index (χ2n) is 21.0. The Morgan fingerprint density at radius 1 is 0.305 bits per heavy atom. The number of anilines is 3. The standard InChI is InChI=1S/C74H43N7O/c75-44-46-41-69(47(45-76)40-68(46)80-66-38-32-51(77(48-18-4-1-5-19-48)49-20-6-2-7-21-49)43-61(66)71-67(80)39-36-59-56-27-13-17-31-70(56)82-74(59)71)81-65-37-33-52(78-62-28-14-10-24-53(62)54-25-11-15-29-63(54)78)42-60(65)58-35-34-57-55-26-12-16-30-64(55)79(72(57)73(58)81)50-22-8-3-9-23-50/h1-43H. The van der Waals surface area contributed by atoms with E-state index in [4.69, 9.17) is 4.42 Å². The van der Waals surface area contributed by atoms with Crippen LogP contribution in [0.3, 0.4) is 0 Å². The first-order valence-corrected chi connectivity index (χ1v) is 27.5. The topological polar surface area (TPSA) is 83.7 Å². The number of nitriles is 2. The molecule has 5 aromatic heterocycles. The molecule has 0 unspecified atom stereocenters. The van der Waals surface area contributed by atoms with Crippen molar-refractivity contribution < 1.29 is 4.42 Å². The highest BCUT2D eigenvalue weighted by Gasteiger charge is 2.27. The maximum Gasteiger partial charge on any atom is 0.145 e. The Morgan fingerprint density at radius 3 is 1.43 bits per heavy atom. The number of para-hydroxylation sites is 7. The minimum Gasteiger partial charge on any atom is -0.455 e. The van der Waals surface area contributed by atoms with Gasteiger partial charge in [-0.25, -0.2) is 0 Å². The van der Waals surface area contributed by atoms with Crippen LogP contribution in [0.4, 0.5) is 17.1 Å². The summed E-state index contributed by atoms with van der Waals surface area (Å²) in [4.78, 5) is 2.26. The van der Waals surface area contributed by atoms with E-state index in [1.54, 1.807) is 0 Å². The Kier molecular flexibility index (Phi) is 9.68. The van der Waals surface area contributed by atoms with E-state index < -0.39 is 0 Å². The molecule has 82 heavy (non-hydrogen) atoms. The molecule has 0 aliphatic heterocycles. The third-order valence-electron chi connectivity index (χ3n) is 16.8. The van der Waals surface area contributed by atoms with Crippen LogP contribution < -0.4 is 4.90 Å². The molecule has 17 aromatic rings. The highest BCUT2D eigenvalue weighted by atomic mass is 16.3. The lowest BCUT2D eigenvalue weighted by Crippen LogP contribution is -2.09. The molecule has 0 amide bonds. The molecule has 0 aliphatic carbocycles. The summed E-state index contributed by atoms with van der Waals surface area (Å²) in [7, 11) is 0. The van der Waals surface area contributed by atoms with Gasteiger partial charge in [-0.1, -0.05) is 140 Å². The molecule has 0 aliphatic rings. The zero-order chi connectivity index (χ0) is 54.2. The van der Waals surface area contributed by atoms with Crippen molar-refractivity contribution in [3.8, 4) is 34.9 Å². The number of hydrogen-bond donors (Lipinski definition) is 0. The molecule has 0 radical (unpaired) electrons. The van der Waals surface area contributed by atoms with Crippen LogP contribution in [-0.2, 0) is 0 Å². The third-order valence-corrected chi connectivity index (χ3v) is 16.8. The maximum atomic E-state index is 11.8. The monoisotopic (exact) mass is 1050 g/mol. The van der Waals surface area contributed by atoms with Crippen LogP contribution in [0, 0.1) is 22.7 Å². The van der Waals surface area contributed by atoms with Crippen molar-refractivity contribution in [2.24, 2.45) is 0 Å². The van der Waals surface area contributed by atoms with Crippen LogP contribution in [0.2, 0.25) is 0 Å². The average molecular weight is 1050 g/mol. The minimum absolute atomic E-state index is 0.407. The lowest BCUT2D eigenvalue weighted by atomic mass is 10.1. The Hall–Kier alpha value is -11.6. The van der Waals surface area contributed by atoms with Gasteiger partial charge >= 0.3 is 0 Å². The van der Waals surface area contributed by atoms with Crippen molar-refractivity contribution in [3.63, 3.8) is 0 Å². The van der Waals surface area contributed by atoms with E-state index in [1.165, 1.54) is 10.8 Å². The summed E-state index contributed by atoms with van der Waals surface area (Å²) < 4.78 is 16.0. The van der Waals surface area contributed by atoms with Crippen LogP contribution in [0.5, 0.6) is 0 Å². The summed E-state index contributed by atoms with van der Waals surface area (Å²) in [6.07, 6.45) is 0. The summed E-state index contributed by atoms with van der Waals surface area (Å²) in [6, 6.07) is 96.3. The molecular weight excluding hydrogens is 1000 g/mol. The van der Waals surface area contributed by atoms with E-state index in [9.17, 15) is 10.5 Å². The van der Waals surface area contributed by atoms with Gasteiger partial charge in [0.2, 0.25) is 0 Å². The fourth-order valence-electron chi connectivity index (χ4n) is 13.4. The van der Waals surface area contributed by atoms with Crippen LogP contribution in [-0.4, -0.2) is 18.3 Å². The number of aromatic nitrogens is 4. The molecule has 12 aromatic carbocycles. The smallest absolute Gasteiger partial charge is 0.145 e. The zero-order valence-electron chi connectivity index (χ0n) is 43.9. The fraction of sp³-hybridized carbons (Fsp3) is 0. The molecule has 8 heteroatoms. The Bertz CT molecular complexity index is 5520. The van der Waals surface area contributed by atoms with Gasteiger partial charge in [0.25, 0.3) is 0 Å². The van der Waals surface area contributed by atoms with E-state index in [0.717, 1.165) is 127 Å². The van der Waals surface area contributed by atoms with Crippen molar-refractivity contribution in [2.75, 3.05) is 4.90 Å². The van der Waals surface area contributed by atoms with Gasteiger partial charge in [0.05, 0.1) is 72.0 Å². The summed E-state index contributed by atoms with van der Waals surface area (Å²) in [5.41, 5.74) is 16.4. The predicted octanol–water partition coefficient (Wildman–Crippen LogP) is 19.2. The number of rotatable bonds is 7. The van der Waals surface area contributed by atoms with Gasteiger partial charge in [-0.2, -0.15) is 10.5 Å². The van der Waals surface area contributed by atoms with Gasteiger partial charge < -0.3 is 27.6 Å². The van der Waals surface area contributed by atoms with Crippen molar-refractivity contribution in [3.05, 3.63) is 272 Å². The molecule has 0 saturated heterocycles. The number of fused-ring (bicyclic) bond motifs is 17. The molecule has 8 nitrogen and oxygen atoms in total. The molecule has 0 bridgehead atoms. The number of hydrogen-bond acceptors (Lipinski definition) is 4. The lowest BCUT2D eigenvalue weighted by Gasteiger charge is -2.25. The minimum atomic E-state index is 0.407. The Labute approximate surface area is 468 Å². The SMILES string of the molecule is N#Cc1cc(-n2c3ccc(-n4c5ccccc5c5ccccc54)cc3c3ccc4c5ccccc5n(-c5ccccc5)c4c32)c(C#N)cc1-n1c2ccc(N(c3ccccc3)c3ccccc3)cc2c2c3oc4ccccc4c3ccc21. The maximum absolute atomic E-state index is 11.8. The van der Waals surface area contributed by atoms with Crippen LogP contribution in [0.25, 0.3) is 132 Å². The molecule has 0 saturated carbocycles. The number of furan rings is 1. The molecule has 380 valence electrons. The molecule has 0 spiro atoms. The lowest BCUT2D eigenvalue weighted by molar-refractivity contribution is 0.673. The largest absolute Gasteiger partial charge is 0.455 e. The first-order valence-electron chi connectivity index (χ1n) is 27.5. The van der Waals surface area contributed by atoms with Gasteiger partial charge in [-0.15, -0.1) is 0 Å². The molecule has 0 N–H and O–H groups in total. The van der Waals surface area contributed by atoms with E-state index in [-0.39, 0.29) is 0 Å². The van der Waals surface area contributed by atoms with E-state index in [2.05, 4.69) is 248 Å². The van der Waals surface area contributed by atoms with Crippen LogP contribution >= 0.6 is 0 Å². The van der Waals surface area contributed by atoms with Crippen molar-refractivity contribution >= 4 is 126 Å². The highest BCUT2D eigenvalue weighted by Crippen LogP contribution is 2.47. The van der Waals surface area contributed by atoms with Crippen molar-refractivity contribution in [1.82, 2.24) is 18.3 Å². The van der Waals surface area contributed by atoms with Crippen molar-refractivity contribution in [2.45, 2.75) is 0 Å². The highest BCUT2D eigenvalue weighted by molar-refractivity contribution is 6.26. The summed E-state index contributed by atoms with van der Waals surface area (Å²) in [6.45, 7) is 0. The van der Waals surface area contributed by atoms with Crippen LogP contribution in [0.1, 0.15) is 11.1 Å². The second kappa shape index (κ2) is 17.5. The third kappa shape index (κ3) is 6.40. The number of nitrogens with zero attached hydrogens (tertiary/aromatic N) is 7. The summed E-state index contributed by atoms with van der Waals surface area (Å²) in [5.74, 6) is 0. The Balaban J connectivity index is 0.965. The first kappa shape index (κ1) is 45.4. The zero-order valence-corrected chi connectivity index (χ0v) is 43.9. The van der Waals surface area contributed by atoms with Gasteiger partial charge in [-0.05, 0) is 121 Å². The molecule has 0 atom stereocenters. The van der Waals surface area contributed by atoms with Gasteiger partial charge in [0.15, 0.2) is 0 Å². The van der Waals surface area contributed by atoms with E-state index in [1.807, 2.05) is 48.5 Å². The molecule has 17 rings (SSSR count). The summed E-state index contributed by atoms with van der Waals surface area (Å²) in [5, 5.41) is 33.9. The van der Waals surface area contributed by atoms with Gasteiger partial charge in [-0.3, -0.25) is 0 Å². The first-order chi connectivity index (χ1) is 40.6. The van der Waals surface area contributed by atoms with Gasteiger partial charge in [0.1, 0.15) is 23.3 Å². The summed E-state index contributed by atoms with van der Waals surface area (Å²) >= 11 is 0. The van der Waals surface area contributed by atoms with Crippen LogP contribution in [0.15, 0.2) is 265 Å². The van der Waals surface area contributed by atoms with Gasteiger partial charge in [0, 0.05) is 76.9 Å². The van der Waals surface area contributed by atoms with E-state index in [0.29, 0.717) is 22.5 Å². The normalized spacial score (nSPS) is 11.9. The molecule has 0 fully saturated rings. The number of benzene rings is 12. The molecular formula is C74H43N7O. The predicted molar refractivity (Wildman–Crippen MR) is 335 cm³/mol. The van der Waals surface area contributed by atoms with E-state index >= 15 is 0 Å². The second-order valence-corrected chi connectivity index (χ2v) is 21.0. The quantitative estimate of drug-likeness (QED) is 0.159. The average Bonchev–Trinajstić information content (AvgIpc) is 2.51. The Morgan fingerprint density at radius 2 is 0.780 bits per heavy atom.